The van der Waals surface area contributed by atoms with Crippen LogP contribution in [0.5, 0.6) is 0 Å². The first kappa shape index (κ1) is 8.31. The van der Waals surface area contributed by atoms with Crippen LogP contribution in [0.25, 0.3) is 0 Å². The quantitative estimate of drug-likeness (QED) is 0.639. The van der Waals surface area contributed by atoms with E-state index in [0.717, 1.165) is 5.92 Å². The fraction of sp³-hybridized carbons (Fsp3) is 0.818. The molecule has 2 aliphatic rings. The van der Waals surface area contributed by atoms with E-state index in [4.69, 9.17) is 5.73 Å². The van der Waals surface area contributed by atoms with Crippen molar-refractivity contribution < 1.29 is 0 Å². The van der Waals surface area contributed by atoms with Crippen molar-refractivity contribution >= 4 is 0 Å². The summed E-state index contributed by atoms with van der Waals surface area (Å²) in [5.41, 5.74) is 7.67. The van der Waals surface area contributed by atoms with Crippen molar-refractivity contribution in [1.82, 2.24) is 0 Å². The highest BCUT2D eigenvalue weighted by Crippen LogP contribution is 2.35. The first-order valence-corrected chi connectivity index (χ1v) is 5.31. The summed E-state index contributed by atoms with van der Waals surface area (Å²) in [4.78, 5) is 0. The molecule has 1 atom stereocenters. The van der Waals surface area contributed by atoms with Gasteiger partial charge in [-0.15, -0.1) is 0 Å². The minimum Gasteiger partial charge on any atom is -0.324 e. The van der Waals surface area contributed by atoms with Crippen molar-refractivity contribution in [1.29, 1.82) is 0 Å². The highest BCUT2D eigenvalue weighted by Gasteiger charge is 2.25. The first-order valence-electron chi connectivity index (χ1n) is 5.31. The van der Waals surface area contributed by atoms with Crippen LogP contribution < -0.4 is 5.73 Å². The van der Waals surface area contributed by atoms with Crippen LogP contribution in [0.2, 0.25) is 0 Å². The molecule has 2 aliphatic carbocycles. The fourth-order valence-corrected chi connectivity index (χ4v) is 2.06. The zero-order valence-corrected chi connectivity index (χ0v) is 7.76. The van der Waals surface area contributed by atoms with E-state index >= 15 is 0 Å². The predicted molar refractivity (Wildman–Crippen MR) is 51.9 cm³/mol. The van der Waals surface area contributed by atoms with Crippen LogP contribution in [-0.4, -0.2) is 6.04 Å². The topological polar surface area (TPSA) is 26.0 Å². The van der Waals surface area contributed by atoms with E-state index in [-0.39, 0.29) is 0 Å². The van der Waals surface area contributed by atoms with Gasteiger partial charge in [-0.1, -0.05) is 24.5 Å². The molecule has 0 heterocycles. The van der Waals surface area contributed by atoms with Gasteiger partial charge in [0.1, 0.15) is 0 Å². The summed E-state index contributed by atoms with van der Waals surface area (Å²) >= 11 is 0. The molecule has 0 saturated heterocycles. The third kappa shape index (κ3) is 2.10. The maximum absolute atomic E-state index is 6.12. The Kier molecular flexibility index (Phi) is 2.50. The molecule has 1 unspecified atom stereocenters. The largest absolute Gasteiger partial charge is 0.324 e. The van der Waals surface area contributed by atoms with Crippen LogP contribution in [0.15, 0.2) is 11.6 Å². The van der Waals surface area contributed by atoms with Crippen molar-refractivity contribution in [3.8, 4) is 0 Å². The number of hydrogen-bond donors (Lipinski definition) is 1. The van der Waals surface area contributed by atoms with Gasteiger partial charge in [0.25, 0.3) is 0 Å². The van der Waals surface area contributed by atoms with E-state index in [1.165, 1.54) is 44.9 Å². The van der Waals surface area contributed by atoms with Crippen molar-refractivity contribution in [2.45, 2.75) is 51.0 Å². The SMILES string of the molecule is NC(CC1CC1)C1=CCCCC1. The van der Waals surface area contributed by atoms with Crippen molar-refractivity contribution in [3.63, 3.8) is 0 Å². The van der Waals surface area contributed by atoms with Gasteiger partial charge in [0.2, 0.25) is 0 Å². The van der Waals surface area contributed by atoms with E-state index in [1.807, 2.05) is 0 Å². The molecule has 68 valence electrons. The van der Waals surface area contributed by atoms with Gasteiger partial charge in [-0.05, 0) is 38.0 Å². The molecule has 0 aromatic rings. The Labute approximate surface area is 75.0 Å². The Hall–Kier alpha value is -0.300. The molecule has 0 aliphatic heterocycles. The van der Waals surface area contributed by atoms with Crippen LogP contribution in [0.1, 0.15) is 44.9 Å². The van der Waals surface area contributed by atoms with Crippen molar-refractivity contribution in [2.75, 3.05) is 0 Å². The Morgan fingerprint density at radius 1 is 1.42 bits per heavy atom. The maximum Gasteiger partial charge on any atom is 0.0256 e. The molecule has 1 heteroatoms. The summed E-state index contributed by atoms with van der Waals surface area (Å²) < 4.78 is 0. The average molecular weight is 165 g/mol. The molecule has 0 spiro atoms. The average Bonchev–Trinajstić information content (AvgIpc) is 2.90. The van der Waals surface area contributed by atoms with E-state index in [9.17, 15) is 0 Å². The molecule has 1 nitrogen and oxygen atoms in total. The minimum atomic E-state index is 0.401. The second kappa shape index (κ2) is 3.61. The molecular formula is C11H19N. The lowest BCUT2D eigenvalue weighted by Crippen LogP contribution is -2.24. The van der Waals surface area contributed by atoms with Crippen LogP contribution >= 0.6 is 0 Å². The summed E-state index contributed by atoms with van der Waals surface area (Å²) in [7, 11) is 0. The van der Waals surface area contributed by atoms with Gasteiger partial charge in [-0.25, -0.2) is 0 Å². The number of rotatable bonds is 3. The molecular weight excluding hydrogens is 146 g/mol. The van der Waals surface area contributed by atoms with Crippen LogP contribution in [-0.2, 0) is 0 Å². The van der Waals surface area contributed by atoms with Gasteiger partial charge in [0.15, 0.2) is 0 Å². The molecule has 12 heavy (non-hydrogen) atoms. The molecule has 0 aromatic carbocycles. The van der Waals surface area contributed by atoms with Gasteiger partial charge in [0.05, 0.1) is 0 Å². The Morgan fingerprint density at radius 2 is 2.25 bits per heavy atom. The Bertz CT molecular complexity index is 179. The van der Waals surface area contributed by atoms with Crippen LogP contribution in [0.3, 0.4) is 0 Å². The van der Waals surface area contributed by atoms with E-state index in [0.29, 0.717) is 6.04 Å². The van der Waals surface area contributed by atoms with Crippen molar-refractivity contribution in [3.05, 3.63) is 11.6 Å². The zero-order valence-electron chi connectivity index (χ0n) is 7.76. The second-order valence-electron chi connectivity index (χ2n) is 4.31. The normalized spacial score (nSPS) is 26.6. The van der Waals surface area contributed by atoms with Gasteiger partial charge < -0.3 is 5.73 Å². The van der Waals surface area contributed by atoms with E-state index < -0.39 is 0 Å². The zero-order chi connectivity index (χ0) is 8.39. The molecule has 0 radical (unpaired) electrons. The number of hydrogen-bond acceptors (Lipinski definition) is 1. The molecule has 0 bridgehead atoms. The summed E-state index contributed by atoms with van der Waals surface area (Å²) in [5.74, 6) is 0.975. The van der Waals surface area contributed by atoms with E-state index in [2.05, 4.69) is 6.08 Å². The maximum atomic E-state index is 6.12. The molecule has 0 amide bonds. The van der Waals surface area contributed by atoms with E-state index in [1.54, 1.807) is 5.57 Å². The molecule has 1 fully saturated rings. The highest BCUT2D eigenvalue weighted by atomic mass is 14.6. The first-order chi connectivity index (χ1) is 5.86. The highest BCUT2D eigenvalue weighted by molar-refractivity contribution is 5.12. The van der Waals surface area contributed by atoms with Gasteiger partial charge in [-0.3, -0.25) is 0 Å². The molecule has 0 aromatic heterocycles. The van der Waals surface area contributed by atoms with Crippen LogP contribution in [0, 0.1) is 5.92 Å². The number of allylic oxidation sites excluding steroid dienone is 1. The predicted octanol–water partition coefficient (Wildman–Crippen LogP) is 2.61. The Morgan fingerprint density at radius 3 is 2.83 bits per heavy atom. The monoisotopic (exact) mass is 165 g/mol. The standard InChI is InChI=1S/C11H19N/c12-11(8-9-6-7-9)10-4-2-1-3-5-10/h4,9,11H,1-3,5-8,12H2. The summed E-state index contributed by atoms with van der Waals surface area (Å²) in [6, 6.07) is 0.401. The lowest BCUT2D eigenvalue weighted by molar-refractivity contribution is 0.575. The summed E-state index contributed by atoms with van der Waals surface area (Å²) in [5, 5.41) is 0. The Balaban J connectivity index is 1.83. The molecule has 2 N–H and O–H groups in total. The summed E-state index contributed by atoms with van der Waals surface area (Å²) in [6.45, 7) is 0. The lowest BCUT2D eigenvalue weighted by atomic mass is 9.92. The fourth-order valence-electron chi connectivity index (χ4n) is 2.06. The smallest absolute Gasteiger partial charge is 0.0256 e. The van der Waals surface area contributed by atoms with Crippen LogP contribution in [0.4, 0.5) is 0 Å². The lowest BCUT2D eigenvalue weighted by Gasteiger charge is -2.19. The van der Waals surface area contributed by atoms with Gasteiger partial charge >= 0.3 is 0 Å². The third-order valence-corrected chi connectivity index (χ3v) is 3.09. The number of nitrogens with two attached hydrogens (primary N) is 1. The van der Waals surface area contributed by atoms with Crippen molar-refractivity contribution in [2.24, 2.45) is 11.7 Å². The van der Waals surface area contributed by atoms with Gasteiger partial charge in [0, 0.05) is 6.04 Å². The third-order valence-electron chi connectivity index (χ3n) is 3.09. The minimum absolute atomic E-state index is 0.401. The molecule has 2 rings (SSSR count). The molecule has 1 saturated carbocycles. The second-order valence-corrected chi connectivity index (χ2v) is 4.31. The van der Waals surface area contributed by atoms with Gasteiger partial charge in [-0.2, -0.15) is 0 Å². The summed E-state index contributed by atoms with van der Waals surface area (Å²) in [6.07, 6.45) is 11.8.